The number of carbonyl (C=O) groups excluding carboxylic acids is 2. The Balaban J connectivity index is 1.41. The molecule has 0 radical (unpaired) electrons. The molecule has 1 saturated heterocycles. The van der Waals surface area contributed by atoms with Crippen LogP contribution < -0.4 is 26.2 Å². The van der Waals surface area contributed by atoms with E-state index in [0.717, 1.165) is 49.5 Å². The summed E-state index contributed by atoms with van der Waals surface area (Å²) in [6.45, 7) is 3.23. The molecule has 0 saturated carbocycles. The first-order valence-corrected chi connectivity index (χ1v) is 16.4. The Labute approximate surface area is 261 Å². The third-order valence-corrected chi connectivity index (χ3v) is 10.3. The Kier molecular flexibility index (Phi) is 9.28. The van der Waals surface area contributed by atoms with Gasteiger partial charge in [0.25, 0.3) is 21.5 Å². The van der Waals surface area contributed by atoms with Crippen molar-refractivity contribution in [2.24, 2.45) is 0 Å². The standard InChI is InChI=1S/C28H28Cl2N6O5S2/c1-31-17-4-6-19-20(14-17)21(26(37)32-10-13-35-11-2-3-12-35)16-36(27(19)38)23-7-5-18(15-22(23)29)33-28(39)34-43(40,41)25-9-8-24(30)42-25/h4-9,14-16,31H,2-3,10-13H2,1H3,(H,32,37)(H2,33,34,39). The second-order valence-electron chi connectivity index (χ2n) is 9.82. The number of anilines is 2. The highest BCUT2D eigenvalue weighted by Crippen LogP contribution is 2.28. The van der Waals surface area contributed by atoms with Crippen LogP contribution in [0.15, 0.2) is 63.7 Å². The molecule has 226 valence electrons. The van der Waals surface area contributed by atoms with Crippen molar-refractivity contribution in [1.82, 2.24) is 19.5 Å². The zero-order valence-electron chi connectivity index (χ0n) is 22.9. The molecule has 0 spiro atoms. The molecule has 1 aliphatic heterocycles. The number of carbonyl (C=O) groups is 2. The molecule has 0 bridgehead atoms. The van der Waals surface area contributed by atoms with E-state index in [1.165, 1.54) is 41.1 Å². The fraction of sp³-hybridized carbons (Fsp3) is 0.250. The van der Waals surface area contributed by atoms with Gasteiger partial charge in [-0.15, -0.1) is 11.3 Å². The predicted molar refractivity (Wildman–Crippen MR) is 171 cm³/mol. The van der Waals surface area contributed by atoms with Crippen molar-refractivity contribution >= 4 is 78.6 Å². The fourth-order valence-electron chi connectivity index (χ4n) is 4.84. The van der Waals surface area contributed by atoms with E-state index in [1.54, 1.807) is 25.2 Å². The summed E-state index contributed by atoms with van der Waals surface area (Å²) in [6, 6.07) is 11.2. The monoisotopic (exact) mass is 662 g/mol. The van der Waals surface area contributed by atoms with Crippen LogP contribution in [-0.2, 0) is 10.0 Å². The van der Waals surface area contributed by atoms with Crippen LogP contribution in [0.25, 0.3) is 16.5 Å². The molecule has 0 aliphatic carbocycles. The molecule has 2 aromatic heterocycles. The molecule has 3 amide bonds. The Morgan fingerprint density at radius 2 is 1.72 bits per heavy atom. The summed E-state index contributed by atoms with van der Waals surface area (Å²) in [5.74, 6) is -0.328. The van der Waals surface area contributed by atoms with E-state index in [1.807, 2.05) is 4.72 Å². The number of rotatable bonds is 9. The van der Waals surface area contributed by atoms with Gasteiger partial charge in [0.1, 0.15) is 4.21 Å². The number of thiophene rings is 1. The summed E-state index contributed by atoms with van der Waals surface area (Å²) in [4.78, 5) is 41.7. The maximum absolute atomic E-state index is 13.6. The van der Waals surface area contributed by atoms with Crippen molar-refractivity contribution in [2.45, 2.75) is 17.1 Å². The molecule has 4 aromatic rings. The van der Waals surface area contributed by atoms with E-state index in [0.29, 0.717) is 22.9 Å². The van der Waals surface area contributed by atoms with Gasteiger partial charge in [0.2, 0.25) is 0 Å². The van der Waals surface area contributed by atoms with Crippen LogP contribution in [0.2, 0.25) is 9.36 Å². The molecule has 1 fully saturated rings. The Morgan fingerprint density at radius 3 is 2.40 bits per heavy atom. The van der Waals surface area contributed by atoms with Crippen molar-refractivity contribution in [3.05, 3.63) is 80.0 Å². The first-order valence-electron chi connectivity index (χ1n) is 13.3. The van der Waals surface area contributed by atoms with Crippen LogP contribution in [0.5, 0.6) is 0 Å². The highest BCUT2D eigenvalue weighted by molar-refractivity contribution is 7.92. The Hall–Kier alpha value is -3.62. The van der Waals surface area contributed by atoms with Gasteiger partial charge in [-0.2, -0.15) is 0 Å². The smallest absolute Gasteiger partial charge is 0.333 e. The van der Waals surface area contributed by atoms with Gasteiger partial charge < -0.3 is 20.9 Å². The molecule has 4 N–H and O–H groups in total. The molecule has 0 atom stereocenters. The third kappa shape index (κ3) is 6.97. The van der Waals surface area contributed by atoms with Crippen LogP contribution in [0.3, 0.4) is 0 Å². The van der Waals surface area contributed by atoms with Gasteiger partial charge in [-0.05, 0) is 74.5 Å². The number of aromatic nitrogens is 1. The van der Waals surface area contributed by atoms with E-state index < -0.39 is 21.6 Å². The lowest BCUT2D eigenvalue weighted by Crippen LogP contribution is -2.34. The number of fused-ring (bicyclic) bond motifs is 1. The van der Waals surface area contributed by atoms with E-state index in [4.69, 9.17) is 23.2 Å². The van der Waals surface area contributed by atoms with Gasteiger partial charge in [0.15, 0.2) is 0 Å². The molecular formula is C28H28Cl2N6O5S2. The van der Waals surface area contributed by atoms with Crippen LogP contribution in [-0.4, -0.2) is 63.0 Å². The maximum Gasteiger partial charge on any atom is 0.333 e. The van der Waals surface area contributed by atoms with Crippen molar-refractivity contribution < 1.29 is 18.0 Å². The Bertz CT molecular complexity index is 1870. The molecule has 43 heavy (non-hydrogen) atoms. The number of pyridine rings is 1. The lowest BCUT2D eigenvalue weighted by molar-refractivity contribution is 0.0951. The number of hydrogen-bond acceptors (Lipinski definition) is 8. The number of nitrogens with zero attached hydrogens (tertiary/aromatic N) is 2. The number of amides is 3. The van der Waals surface area contributed by atoms with Gasteiger partial charge in [0, 0.05) is 48.5 Å². The normalized spacial score (nSPS) is 13.7. The van der Waals surface area contributed by atoms with Gasteiger partial charge in [-0.25, -0.2) is 17.9 Å². The van der Waals surface area contributed by atoms with E-state index in [9.17, 15) is 22.8 Å². The van der Waals surface area contributed by atoms with Crippen LogP contribution in [0.4, 0.5) is 16.2 Å². The average Bonchev–Trinajstić information content (AvgIpc) is 3.65. The minimum Gasteiger partial charge on any atom is -0.388 e. The molecule has 0 unspecified atom stereocenters. The Morgan fingerprint density at radius 1 is 0.977 bits per heavy atom. The second-order valence-corrected chi connectivity index (χ2v) is 13.8. The highest BCUT2D eigenvalue weighted by Gasteiger charge is 2.21. The maximum atomic E-state index is 13.6. The molecule has 1 aliphatic rings. The summed E-state index contributed by atoms with van der Waals surface area (Å²) in [5.41, 5.74) is 1.09. The first kappa shape index (κ1) is 30.8. The summed E-state index contributed by atoms with van der Waals surface area (Å²) in [7, 11) is -2.38. The summed E-state index contributed by atoms with van der Waals surface area (Å²) >= 11 is 13.2. The first-order chi connectivity index (χ1) is 20.6. The quantitative estimate of drug-likeness (QED) is 0.203. The highest BCUT2D eigenvalue weighted by atomic mass is 35.5. The predicted octanol–water partition coefficient (Wildman–Crippen LogP) is 4.74. The van der Waals surface area contributed by atoms with Gasteiger partial charge >= 0.3 is 6.03 Å². The lowest BCUT2D eigenvalue weighted by atomic mass is 10.1. The molecule has 2 aromatic carbocycles. The molecule has 15 heteroatoms. The summed E-state index contributed by atoms with van der Waals surface area (Å²) < 4.78 is 28.2. The number of nitrogens with one attached hydrogen (secondary N) is 4. The van der Waals surface area contributed by atoms with E-state index in [-0.39, 0.29) is 30.9 Å². The molecule has 5 rings (SSSR count). The minimum absolute atomic E-state index is 0.0828. The fourth-order valence-corrected chi connectivity index (χ4v) is 7.50. The van der Waals surface area contributed by atoms with Gasteiger partial charge in [0.05, 0.1) is 20.6 Å². The number of hydrogen-bond donors (Lipinski definition) is 4. The van der Waals surface area contributed by atoms with Crippen LogP contribution in [0, 0.1) is 0 Å². The molecule has 11 nitrogen and oxygen atoms in total. The van der Waals surface area contributed by atoms with Crippen LogP contribution >= 0.6 is 34.5 Å². The number of sulfonamides is 1. The van der Waals surface area contributed by atoms with Crippen molar-refractivity contribution in [2.75, 3.05) is 43.9 Å². The summed E-state index contributed by atoms with van der Waals surface area (Å²) in [6.07, 6.45) is 3.76. The number of benzene rings is 2. The number of urea groups is 1. The number of likely N-dealkylation sites (tertiary alicyclic amines) is 1. The molecular weight excluding hydrogens is 635 g/mol. The number of halogens is 2. The van der Waals surface area contributed by atoms with E-state index in [2.05, 4.69) is 20.9 Å². The second kappa shape index (κ2) is 12.9. The van der Waals surface area contributed by atoms with Crippen LogP contribution in [0.1, 0.15) is 23.2 Å². The zero-order valence-corrected chi connectivity index (χ0v) is 26.1. The zero-order chi connectivity index (χ0) is 30.7. The van der Waals surface area contributed by atoms with Crippen molar-refractivity contribution in [1.29, 1.82) is 0 Å². The van der Waals surface area contributed by atoms with Crippen molar-refractivity contribution in [3.63, 3.8) is 0 Å². The third-order valence-electron chi connectivity index (χ3n) is 6.97. The van der Waals surface area contributed by atoms with Gasteiger partial charge in [-0.1, -0.05) is 23.2 Å². The van der Waals surface area contributed by atoms with E-state index >= 15 is 0 Å². The SMILES string of the molecule is CNc1ccc2c(=O)n(-c3ccc(NC(=O)NS(=O)(=O)c4ccc(Cl)s4)cc3Cl)cc(C(=O)NCCN3CCCC3)c2c1. The van der Waals surface area contributed by atoms with Crippen molar-refractivity contribution in [3.8, 4) is 5.69 Å². The topological polar surface area (TPSA) is 142 Å². The average molecular weight is 664 g/mol. The minimum atomic E-state index is -4.13. The lowest BCUT2D eigenvalue weighted by Gasteiger charge is -2.17. The molecule has 3 heterocycles. The largest absolute Gasteiger partial charge is 0.388 e. The van der Waals surface area contributed by atoms with Gasteiger partial charge in [-0.3, -0.25) is 14.2 Å². The summed E-state index contributed by atoms with van der Waals surface area (Å²) in [5, 5.41) is 9.33.